The molecule has 0 fully saturated rings. The lowest BCUT2D eigenvalue weighted by Gasteiger charge is -2.20. The van der Waals surface area contributed by atoms with Gasteiger partial charge in [-0.05, 0) is 35.7 Å². The van der Waals surface area contributed by atoms with Crippen molar-refractivity contribution in [1.82, 2.24) is 5.32 Å². The average molecular weight is 447 g/mol. The molecule has 2 N–H and O–H groups in total. The van der Waals surface area contributed by atoms with Crippen molar-refractivity contribution in [3.8, 4) is 0 Å². The van der Waals surface area contributed by atoms with E-state index in [1.807, 2.05) is 30.3 Å². The van der Waals surface area contributed by atoms with Crippen LogP contribution in [0.1, 0.15) is 19.4 Å². The van der Waals surface area contributed by atoms with E-state index in [0.29, 0.717) is 5.69 Å². The molecule has 0 spiro atoms. The van der Waals surface area contributed by atoms with Gasteiger partial charge in [0.05, 0.1) is 6.42 Å². The summed E-state index contributed by atoms with van der Waals surface area (Å²) in [5, 5.41) is 5.34. The molecule has 28 heavy (non-hydrogen) atoms. The van der Waals surface area contributed by atoms with E-state index in [9.17, 15) is 14.4 Å². The van der Waals surface area contributed by atoms with Crippen molar-refractivity contribution in [2.24, 2.45) is 5.92 Å². The molecule has 2 aromatic carbocycles. The number of anilines is 1. The Balaban J connectivity index is 1.85. The van der Waals surface area contributed by atoms with E-state index in [4.69, 9.17) is 4.74 Å². The third-order valence-electron chi connectivity index (χ3n) is 3.92. The van der Waals surface area contributed by atoms with Gasteiger partial charge in [0.25, 0.3) is 5.91 Å². The second-order valence-electron chi connectivity index (χ2n) is 6.61. The van der Waals surface area contributed by atoms with Gasteiger partial charge in [-0.2, -0.15) is 0 Å². The van der Waals surface area contributed by atoms with Crippen LogP contribution in [-0.4, -0.2) is 30.4 Å². The number of hydrogen-bond acceptors (Lipinski definition) is 4. The topological polar surface area (TPSA) is 84.5 Å². The summed E-state index contributed by atoms with van der Waals surface area (Å²) in [7, 11) is 0. The van der Waals surface area contributed by atoms with Crippen molar-refractivity contribution in [1.29, 1.82) is 0 Å². The number of benzene rings is 2. The van der Waals surface area contributed by atoms with Crippen LogP contribution >= 0.6 is 15.9 Å². The predicted molar refractivity (Wildman–Crippen MR) is 111 cm³/mol. The zero-order valence-electron chi connectivity index (χ0n) is 15.8. The molecule has 0 aliphatic rings. The third kappa shape index (κ3) is 7.15. The van der Waals surface area contributed by atoms with Crippen molar-refractivity contribution < 1.29 is 19.1 Å². The highest BCUT2D eigenvalue weighted by Gasteiger charge is 2.26. The van der Waals surface area contributed by atoms with Crippen molar-refractivity contribution in [3.05, 3.63) is 64.6 Å². The van der Waals surface area contributed by atoms with Gasteiger partial charge in [0.1, 0.15) is 6.04 Å². The maximum atomic E-state index is 12.4. The monoisotopic (exact) mass is 446 g/mol. The summed E-state index contributed by atoms with van der Waals surface area (Å²) in [5.41, 5.74) is 1.45. The molecule has 0 aliphatic heterocycles. The molecule has 0 radical (unpaired) electrons. The Bertz CT molecular complexity index is 807. The molecule has 2 rings (SSSR count). The van der Waals surface area contributed by atoms with E-state index in [-0.39, 0.29) is 18.2 Å². The van der Waals surface area contributed by atoms with Gasteiger partial charge >= 0.3 is 5.97 Å². The highest BCUT2D eigenvalue weighted by molar-refractivity contribution is 9.10. The SMILES string of the molecule is CC(C)C(NC(=O)Cc1ccccc1)C(=O)OCC(=O)Nc1ccc(Br)cc1. The lowest BCUT2D eigenvalue weighted by atomic mass is 10.0. The Hall–Kier alpha value is -2.67. The lowest BCUT2D eigenvalue weighted by Crippen LogP contribution is -2.46. The molecule has 6 nitrogen and oxygen atoms in total. The summed E-state index contributed by atoms with van der Waals surface area (Å²) in [5.74, 6) is -1.54. The van der Waals surface area contributed by atoms with Gasteiger partial charge < -0.3 is 15.4 Å². The minimum atomic E-state index is -0.823. The van der Waals surface area contributed by atoms with Crippen molar-refractivity contribution in [2.75, 3.05) is 11.9 Å². The number of hydrogen-bond donors (Lipinski definition) is 2. The minimum Gasteiger partial charge on any atom is -0.454 e. The van der Waals surface area contributed by atoms with Crippen LogP contribution in [0.25, 0.3) is 0 Å². The maximum Gasteiger partial charge on any atom is 0.329 e. The summed E-state index contributed by atoms with van der Waals surface area (Å²) in [6, 6.07) is 15.5. The van der Waals surface area contributed by atoms with E-state index in [0.717, 1.165) is 10.0 Å². The fourth-order valence-electron chi connectivity index (χ4n) is 2.46. The number of carbonyl (C=O) groups excluding carboxylic acids is 3. The number of ether oxygens (including phenoxy) is 1. The molecule has 0 heterocycles. The largest absolute Gasteiger partial charge is 0.454 e. The molecule has 0 saturated heterocycles. The third-order valence-corrected chi connectivity index (χ3v) is 4.45. The van der Waals surface area contributed by atoms with E-state index in [2.05, 4.69) is 26.6 Å². The Labute approximate surface area is 172 Å². The molecule has 0 bridgehead atoms. The van der Waals surface area contributed by atoms with E-state index in [1.54, 1.807) is 38.1 Å². The zero-order valence-corrected chi connectivity index (χ0v) is 17.4. The Morgan fingerprint density at radius 1 is 0.964 bits per heavy atom. The summed E-state index contributed by atoms with van der Waals surface area (Å²) in [6.07, 6.45) is 0.168. The van der Waals surface area contributed by atoms with Crippen molar-refractivity contribution in [3.63, 3.8) is 0 Å². The molecule has 7 heteroatoms. The van der Waals surface area contributed by atoms with Gasteiger partial charge in [0.2, 0.25) is 5.91 Å². The molecule has 2 amide bonds. The molecular formula is C21H23BrN2O4. The van der Waals surface area contributed by atoms with E-state index in [1.165, 1.54) is 0 Å². The van der Waals surface area contributed by atoms with Crippen LogP contribution in [0.4, 0.5) is 5.69 Å². The molecule has 2 aromatic rings. The molecule has 148 valence electrons. The average Bonchev–Trinajstić information content (AvgIpc) is 2.66. The first kappa shape index (κ1) is 21.6. The van der Waals surface area contributed by atoms with E-state index >= 15 is 0 Å². The highest BCUT2D eigenvalue weighted by atomic mass is 79.9. The number of esters is 1. The first-order valence-electron chi connectivity index (χ1n) is 8.90. The summed E-state index contributed by atoms with van der Waals surface area (Å²) in [6.45, 7) is 3.18. The van der Waals surface area contributed by atoms with Gasteiger partial charge in [-0.15, -0.1) is 0 Å². The second kappa shape index (κ2) is 10.6. The number of halogens is 1. The number of amides is 2. The van der Waals surface area contributed by atoms with Crippen LogP contribution in [0.2, 0.25) is 0 Å². The standard InChI is InChI=1S/C21H23BrN2O4/c1-14(2)20(24-18(25)12-15-6-4-3-5-7-15)21(27)28-13-19(26)23-17-10-8-16(22)9-11-17/h3-11,14,20H,12-13H2,1-2H3,(H,23,26)(H,24,25). The van der Waals surface area contributed by atoms with E-state index < -0.39 is 24.5 Å². The molecular weight excluding hydrogens is 424 g/mol. The maximum absolute atomic E-state index is 12.4. The normalized spacial score (nSPS) is 11.6. The smallest absolute Gasteiger partial charge is 0.329 e. The minimum absolute atomic E-state index is 0.168. The van der Waals surface area contributed by atoms with Gasteiger partial charge in [-0.25, -0.2) is 4.79 Å². The molecule has 0 aliphatic carbocycles. The first-order valence-corrected chi connectivity index (χ1v) is 9.70. The van der Waals surface area contributed by atoms with Crippen LogP contribution in [0.15, 0.2) is 59.1 Å². The Kier molecular flexibility index (Phi) is 8.19. The van der Waals surface area contributed by atoms with Crippen LogP contribution < -0.4 is 10.6 Å². The van der Waals surface area contributed by atoms with Gasteiger partial charge in [-0.3, -0.25) is 9.59 Å². The summed E-state index contributed by atoms with van der Waals surface area (Å²) in [4.78, 5) is 36.6. The zero-order chi connectivity index (χ0) is 20.5. The first-order chi connectivity index (χ1) is 13.3. The van der Waals surface area contributed by atoms with Crippen molar-refractivity contribution in [2.45, 2.75) is 26.3 Å². The lowest BCUT2D eigenvalue weighted by molar-refractivity contribution is -0.151. The summed E-state index contributed by atoms with van der Waals surface area (Å²) < 4.78 is 5.99. The van der Waals surface area contributed by atoms with Crippen LogP contribution in [0, 0.1) is 5.92 Å². The van der Waals surface area contributed by atoms with Gasteiger partial charge in [0.15, 0.2) is 6.61 Å². The second-order valence-corrected chi connectivity index (χ2v) is 7.53. The number of carbonyl (C=O) groups is 3. The Morgan fingerprint density at radius 2 is 1.61 bits per heavy atom. The highest BCUT2D eigenvalue weighted by Crippen LogP contribution is 2.14. The number of rotatable bonds is 8. The summed E-state index contributed by atoms with van der Waals surface area (Å²) >= 11 is 3.31. The molecule has 0 aromatic heterocycles. The fraction of sp³-hybridized carbons (Fsp3) is 0.286. The van der Waals surface area contributed by atoms with Crippen LogP contribution in [-0.2, 0) is 25.5 Å². The van der Waals surface area contributed by atoms with Crippen molar-refractivity contribution >= 4 is 39.4 Å². The quantitative estimate of drug-likeness (QED) is 0.609. The molecule has 1 atom stereocenters. The van der Waals surface area contributed by atoms with Crippen LogP contribution in [0.3, 0.4) is 0 Å². The van der Waals surface area contributed by atoms with Gasteiger partial charge in [0, 0.05) is 10.2 Å². The van der Waals surface area contributed by atoms with Gasteiger partial charge in [-0.1, -0.05) is 60.1 Å². The fourth-order valence-corrected chi connectivity index (χ4v) is 2.72. The number of nitrogens with one attached hydrogen (secondary N) is 2. The molecule has 1 unspecified atom stereocenters. The predicted octanol–water partition coefficient (Wildman–Crippen LogP) is 3.31. The molecule has 0 saturated carbocycles. The Morgan fingerprint density at radius 3 is 2.21 bits per heavy atom. The van der Waals surface area contributed by atoms with Crippen LogP contribution in [0.5, 0.6) is 0 Å².